The summed E-state index contributed by atoms with van der Waals surface area (Å²) in [6.45, 7) is 1.91. The number of halogens is 1. The predicted octanol–water partition coefficient (Wildman–Crippen LogP) is 1.68. The zero-order chi connectivity index (χ0) is 12.6. The molecule has 1 saturated carbocycles. The Kier molecular flexibility index (Phi) is 3.76. The Morgan fingerprint density at radius 3 is 2.65 bits per heavy atom. The minimum absolute atomic E-state index is 0.0141. The second-order valence-electron chi connectivity index (χ2n) is 4.88. The number of aryl methyl sites for hydroxylation is 2. The van der Waals surface area contributed by atoms with Gasteiger partial charge in [0.2, 0.25) is 0 Å². The number of nitrogens with zero attached hydrogens (tertiary/aromatic N) is 2. The Bertz CT molecular complexity index is 401. The molecule has 1 aromatic rings. The van der Waals surface area contributed by atoms with Crippen LogP contribution in [0, 0.1) is 12.8 Å². The molecule has 0 radical (unpaired) electrons. The molecule has 0 aromatic carbocycles. The van der Waals surface area contributed by atoms with Crippen LogP contribution >= 0.6 is 11.6 Å². The molecule has 1 heterocycles. The Labute approximate surface area is 107 Å². The van der Waals surface area contributed by atoms with Crippen LogP contribution in [0.2, 0.25) is 5.02 Å². The number of ether oxygens (including phenoxy) is 1. The van der Waals surface area contributed by atoms with Crippen molar-refractivity contribution in [2.45, 2.75) is 38.3 Å². The van der Waals surface area contributed by atoms with Crippen LogP contribution in [0.5, 0.6) is 0 Å². The van der Waals surface area contributed by atoms with Gasteiger partial charge in [0.15, 0.2) is 0 Å². The van der Waals surface area contributed by atoms with Gasteiger partial charge in [-0.05, 0) is 25.7 Å². The van der Waals surface area contributed by atoms with E-state index in [1.54, 1.807) is 7.11 Å². The van der Waals surface area contributed by atoms with E-state index in [1.165, 1.54) is 12.8 Å². The summed E-state index contributed by atoms with van der Waals surface area (Å²) in [5, 5.41) is 5.03. The van der Waals surface area contributed by atoms with Crippen LogP contribution in [0.25, 0.3) is 0 Å². The highest BCUT2D eigenvalue weighted by molar-refractivity contribution is 6.31. The van der Waals surface area contributed by atoms with Crippen molar-refractivity contribution < 1.29 is 4.74 Å². The smallest absolute Gasteiger partial charge is 0.0847 e. The lowest BCUT2D eigenvalue weighted by Crippen LogP contribution is -2.40. The van der Waals surface area contributed by atoms with Crippen molar-refractivity contribution in [2.24, 2.45) is 18.7 Å². The Morgan fingerprint density at radius 1 is 1.59 bits per heavy atom. The molecule has 0 spiro atoms. The molecule has 1 aliphatic carbocycles. The van der Waals surface area contributed by atoms with Crippen molar-refractivity contribution in [1.29, 1.82) is 0 Å². The maximum atomic E-state index is 6.22. The number of hydrogen-bond donors (Lipinski definition) is 1. The molecule has 2 atom stereocenters. The van der Waals surface area contributed by atoms with E-state index in [2.05, 4.69) is 5.10 Å². The second kappa shape index (κ2) is 4.96. The summed E-state index contributed by atoms with van der Waals surface area (Å²) < 4.78 is 7.31. The monoisotopic (exact) mass is 257 g/mol. The summed E-state index contributed by atoms with van der Waals surface area (Å²) in [6, 6.07) is -0.0141. The minimum Gasteiger partial charge on any atom is -0.380 e. The molecular formula is C12H20ClN3O. The maximum absolute atomic E-state index is 6.22. The van der Waals surface area contributed by atoms with Crippen LogP contribution in [0.1, 0.15) is 24.2 Å². The maximum Gasteiger partial charge on any atom is 0.0847 e. The van der Waals surface area contributed by atoms with Crippen molar-refractivity contribution in [3.8, 4) is 0 Å². The fraction of sp³-hybridized carbons (Fsp3) is 0.750. The number of nitrogens with two attached hydrogens (primary N) is 1. The van der Waals surface area contributed by atoms with Gasteiger partial charge in [0.25, 0.3) is 0 Å². The van der Waals surface area contributed by atoms with Gasteiger partial charge >= 0.3 is 0 Å². The van der Waals surface area contributed by atoms with Gasteiger partial charge in [-0.1, -0.05) is 11.6 Å². The fourth-order valence-electron chi connectivity index (χ4n) is 2.38. The van der Waals surface area contributed by atoms with Gasteiger partial charge in [0.05, 0.1) is 22.5 Å². The van der Waals surface area contributed by atoms with E-state index in [9.17, 15) is 0 Å². The van der Waals surface area contributed by atoms with Crippen molar-refractivity contribution >= 4 is 11.6 Å². The largest absolute Gasteiger partial charge is 0.380 e. The second-order valence-corrected chi connectivity index (χ2v) is 5.25. The molecule has 1 fully saturated rings. The minimum atomic E-state index is -0.0141. The van der Waals surface area contributed by atoms with Gasteiger partial charge in [-0.15, -0.1) is 0 Å². The van der Waals surface area contributed by atoms with Crippen LogP contribution in [-0.4, -0.2) is 29.0 Å². The van der Waals surface area contributed by atoms with E-state index in [4.69, 9.17) is 22.1 Å². The normalized spacial score (nSPS) is 19.4. The van der Waals surface area contributed by atoms with E-state index in [0.29, 0.717) is 12.3 Å². The van der Waals surface area contributed by atoms with Gasteiger partial charge < -0.3 is 10.5 Å². The summed E-state index contributed by atoms with van der Waals surface area (Å²) in [7, 11) is 3.64. The van der Waals surface area contributed by atoms with Crippen molar-refractivity contribution in [1.82, 2.24) is 9.78 Å². The Hall–Kier alpha value is -0.580. The molecule has 5 heteroatoms. The average molecular weight is 258 g/mol. The lowest BCUT2D eigenvalue weighted by molar-refractivity contribution is 0.0622. The van der Waals surface area contributed by atoms with E-state index in [1.807, 2.05) is 18.7 Å². The third-order valence-electron chi connectivity index (χ3n) is 3.47. The van der Waals surface area contributed by atoms with E-state index >= 15 is 0 Å². The van der Waals surface area contributed by atoms with Gasteiger partial charge in [-0.2, -0.15) is 5.10 Å². The number of rotatable bonds is 5. The molecule has 0 aliphatic heterocycles. The summed E-state index contributed by atoms with van der Waals surface area (Å²) >= 11 is 6.22. The molecular weight excluding hydrogens is 238 g/mol. The lowest BCUT2D eigenvalue weighted by atomic mass is 10.0. The third-order valence-corrected chi connectivity index (χ3v) is 3.96. The van der Waals surface area contributed by atoms with Crippen LogP contribution < -0.4 is 5.73 Å². The number of hydrogen-bond acceptors (Lipinski definition) is 3. The molecule has 0 bridgehead atoms. The van der Waals surface area contributed by atoms with Crippen LogP contribution in [0.15, 0.2) is 0 Å². The van der Waals surface area contributed by atoms with E-state index < -0.39 is 0 Å². The standard InChI is InChI=1S/C12H20ClN3O/c1-7-11(13)10(16(2)15-7)6-9(14)12(17-3)8-4-5-8/h8-9,12H,4-6,14H2,1-3H3. The number of aromatic nitrogens is 2. The van der Waals surface area contributed by atoms with Crippen molar-refractivity contribution in [3.63, 3.8) is 0 Å². The summed E-state index contributed by atoms with van der Waals surface area (Å²) in [5.74, 6) is 0.628. The number of methoxy groups -OCH3 is 1. The Morgan fingerprint density at radius 2 is 2.24 bits per heavy atom. The quantitative estimate of drug-likeness (QED) is 0.873. The zero-order valence-electron chi connectivity index (χ0n) is 10.6. The summed E-state index contributed by atoms with van der Waals surface area (Å²) in [6.07, 6.45) is 3.31. The molecule has 1 aliphatic rings. The molecule has 0 saturated heterocycles. The highest BCUT2D eigenvalue weighted by atomic mass is 35.5. The lowest BCUT2D eigenvalue weighted by Gasteiger charge is -2.22. The molecule has 2 N–H and O–H groups in total. The summed E-state index contributed by atoms with van der Waals surface area (Å²) in [4.78, 5) is 0. The molecule has 2 unspecified atom stereocenters. The first-order chi connectivity index (χ1) is 8.04. The topological polar surface area (TPSA) is 53.1 Å². The van der Waals surface area contributed by atoms with Crippen LogP contribution in [0.3, 0.4) is 0 Å². The molecule has 4 nitrogen and oxygen atoms in total. The predicted molar refractivity (Wildman–Crippen MR) is 68.2 cm³/mol. The first kappa shape index (κ1) is 12.9. The molecule has 1 aromatic heterocycles. The SMILES string of the molecule is COC(C(N)Cc1c(Cl)c(C)nn1C)C1CC1. The molecule has 96 valence electrons. The van der Waals surface area contributed by atoms with Crippen LogP contribution in [0.4, 0.5) is 0 Å². The molecule has 0 amide bonds. The van der Waals surface area contributed by atoms with Gasteiger partial charge in [-0.25, -0.2) is 0 Å². The van der Waals surface area contributed by atoms with Gasteiger partial charge in [0.1, 0.15) is 0 Å². The van der Waals surface area contributed by atoms with E-state index in [-0.39, 0.29) is 12.1 Å². The highest BCUT2D eigenvalue weighted by Crippen LogP contribution is 2.36. The Balaban J connectivity index is 2.08. The fourth-order valence-corrected chi connectivity index (χ4v) is 2.62. The summed E-state index contributed by atoms with van der Waals surface area (Å²) in [5.41, 5.74) is 8.08. The average Bonchev–Trinajstić information content (AvgIpc) is 3.06. The first-order valence-electron chi connectivity index (χ1n) is 6.01. The van der Waals surface area contributed by atoms with E-state index in [0.717, 1.165) is 16.4 Å². The third kappa shape index (κ3) is 2.64. The molecule has 17 heavy (non-hydrogen) atoms. The van der Waals surface area contributed by atoms with Gasteiger partial charge in [0, 0.05) is 26.6 Å². The first-order valence-corrected chi connectivity index (χ1v) is 6.38. The highest BCUT2D eigenvalue weighted by Gasteiger charge is 2.35. The van der Waals surface area contributed by atoms with Crippen LogP contribution in [-0.2, 0) is 18.2 Å². The van der Waals surface area contributed by atoms with Crippen molar-refractivity contribution in [3.05, 3.63) is 16.4 Å². The zero-order valence-corrected chi connectivity index (χ0v) is 11.4. The van der Waals surface area contributed by atoms with Gasteiger partial charge in [-0.3, -0.25) is 4.68 Å². The van der Waals surface area contributed by atoms with Crippen molar-refractivity contribution in [2.75, 3.05) is 7.11 Å². The molecule has 2 rings (SSSR count).